The van der Waals surface area contributed by atoms with Crippen LogP contribution in [-0.2, 0) is 72.6 Å². The average molecular weight is 843 g/mol. The van der Waals surface area contributed by atoms with Crippen molar-refractivity contribution in [2.24, 2.45) is 0 Å². The Labute approximate surface area is 327 Å². The second kappa shape index (κ2) is 19.0. The number of rotatable bonds is 18. The molecule has 24 nitrogen and oxygen atoms in total. The molecular formula is C30H45Cl2N9O15. The zero-order chi connectivity index (χ0) is 40.1. The van der Waals surface area contributed by atoms with Gasteiger partial charge >= 0.3 is 0 Å². The van der Waals surface area contributed by atoms with Crippen LogP contribution >= 0.6 is 23.2 Å². The van der Waals surface area contributed by atoms with Gasteiger partial charge in [-0.05, 0) is 0 Å². The van der Waals surface area contributed by atoms with E-state index >= 15 is 0 Å². The summed E-state index contributed by atoms with van der Waals surface area (Å²) >= 11 is 12.1. The van der Waals surface area contributed by atoms with Crippen LogP contribution in [0, 0.1) is 0 Å². The summed E-state index contributed by atoms with van der Waals surface area (Å²) in [6.07, 6.45) is -12.5. The fraction of sp³-hybridized carbons (Fsp3) is 0.800. The van der Waals surface area contributed by atoms with Crippen LogP contribution in [0.15, 0.2) is 18.6 Å². The Kier molecular flexibility index (Phi) is 14.6. The third kappa shape index (κ3) is 9.64. The molecule has 3 aromatic rings. The van der Waals surface area contributed by atoms with Gasteiger partial charge in [-0.2, -0.15) is 0 Å². The first-order valence-corrected chi connectivity index (χ1v) is 18.4. The minimum absolute atomic E-state index is 0.00328. The van der Waals surface area contributed by atoms with E-state index in [-0.39, 0.29) is 32.9 Å². The third-order valence-corrected chi connectivity index (χ3v) is 10.3. The van der Waals surface area contributed by atoms with Gasteiger partial charge in [0, 0.05) is 7.11 Å². The lowest BCUT2D eigenvalue weighted by Crippen LogP contribution is -2.61. The molecule has 0 bridgehead atoms. The molecule has 26 heteroatoms. The standard InChI is InChI=1S/C30H45Cl2N9O15/c1-50-3-2-39-4-16(35-36-39)12-52-28-26(48)24(46)21(43)17(53-28)7-40-5-14(33-37-40)10-51-11-15-6-41(38-34-15)8-18-22(44)27(49)30(13-31,55-18)56-29-25(47)23(45)20(32)19(9-42)54-29/h4-6,17-29,42-49H,2-3,7-13H2,1H3/t17-,18-,19-,20+,21-,22-,23+,24+,25-,26+,27+,28+,29-,30+/m1/s1. The lowest BCUT2D eigenvalue weighted by atomic mass is 9.99. The van der Waals surface area contributed by atoms with Crippen molar-refractivity contribution in [1.29, 1.82) is 0 Å². The Bertz CT molecular complexity index is 1680. The Morgan fingerprint density at radius 2 is 1.29 bits per heavy atom. The minimum atomic E-state index is -2.08. The summed E-state index contributed by atoms with van der Waals surface area (Å²) in [6, 6.07) is 0. The Hall–Kier alpha value is -2.60. The van der Waals surface area contributed by atoms with Crippen molar-refractivity contribution in [2.75, 3.05) is 26.2 Å². The van der Waals surface area contributed by atoms with Crippen LogP contribution in [0.1, 0.15) is 17.1 Å². The van der Waals surface area contributed by atoms with Crippen LogP contribution in [0.4, 0.5) is 0 Å². The van der Waals surface area contributed by atoms with Crippen LogP contribution in [0.5, 0.6) is 0 Å². The van der Waals surface area contributed by atoms with Crippen molar-refractivity contribution < 1.29 is 74.0 Å². The molecule has 56 heavy (non-hydrogen) atoms. The normalized spacial score (nSPS) is 36.4. The van der Waals surface area contributed by atoms with Crippen molar-refractivity contribution in [3.05, 3.63) is 35.7 Å². The highest BCUT2D eigenvalue weighted by Gasteiger charge is 2.58. The number of alkyl halides is 2. The number of ether oxygens (including phenoxy) is 7. The Morgan fingerprint density at radius 1 is 0.714 bits per heavy atom. The Balaban J connectivity index is 0.968. The van der Waals surface area contributed by atoms with E-state index in [2.05, 4.69) is 30.9 Å². The van der Waals surface area contributed by atoms with Crippen LogP contribution < -0.4 is 0 Å². The lowest BCUT2D eigenvalue weighted by molar-refractivity contribution is -0.358. The number of halogens is 2. The summed E-state index contributed by atoms with van der Waals surface area (Å²) in [4.78, 5) is 0. The first kappa shape index (κ1) is 43.0. The molecule has 0 amide bonds. The number of aliphatic hydroxyl groups is 8. The fourth-order valence-electron chi connectivity index (χ4n) is 6.27. The summed E-state index contributed by atoms with van der Waals surface area (Å²) in [5.41, 5.74) is 1.25. The summed E-state index contributed by atoms with van der Waals surface area (Å²) in [6.45, 7) is 0.0590. The van der Waals surface area contributed by atoms with E-state index in [1.165, 1.54) is 15.6 Å². The molecule has 314 valence electrons. The van der Waals surface area contributed by atoms with Crippen molar-refractivity contribution in [2.45, 2.75) is 124 Å². The molecule has 3 aliphatic heterocycles. The first-order chi connectivity index (χ1) is 26.9. The van der Waals surface area contributed by atoms with E-state index in [0.717, 1.165) is 0 Å². The average Bonchev–Trinajstić information content (AvgIpc) is 4.00. The predicted octanol–water partition coefficient (Wildman–Crippen LogP) is -5.03. The van der Waals surface area contributed by atoms with E-state index in [1.807, 2.05) is 0 Å². The van der Waals surface area contributed by atoms with Crippen LogP contribution in [-0.4, -0.2) is 197 Å². The molecular weight excluding hydrogens is 797 g/mol. The fourth-order valence-corrected chi connectivity index (χ4v) is 6.84. The maximum absolute atomic E-state index is 10.9. The van der Waals surface area contributed by atoms with Gasteiger partial charge in [-0.15, -0.1) is 38.5 Å². The molecule has 0 spiro atoms. The monoisotopic (exact) mass is 841 g/mol. The predicted molar refractivity (Wildman–Crippen MR) is 181 cm³/mol. The molecule has 6 heterocycles. The number of methoxy groups -OCH3 is 1. The summed E-state index contributed by atoms with van der Waals surface area (Å²) in [5, 5.41) is 106. The smallest absolute Gasteiger partial charge is 0.214 e. The number of nitrogens with zero attached hydrogens (tertiary/aromatic N) is 9. The SMILES string of the molecule is COCCn1cc(CO[C@H]2O[C@H](Cn3cc(COCc4cn(C[C@H]5O[C@@](CCl)(O[C@H]6O[C@H](CO)[C@H](Cl)[C@H](O)[C@H]6O)[C@@H](O)[C@@H]5O)nn4)nn3)[C@@H](O)[C@H](O)[C@@H]2O)nn1. The molecule has 0 radical (unpaired) electrons. The van der Waals surface area contributed by atoms with Gasteiger partial charge in [0.1, 0.15) is 78.1 Å². The lowest BCUT2D eigenvalue weighted by Gasteiger charge is -2.43. The van der Waals surface area contributed by atoms with Gasteiger partial charge in [0.25, 0.3) is 0 Å². The highest BCUT2D eigenvalue weighted by atomic mass is 35.5. The zero-order valence-electron chi connectivity index (χ0n) is 29.8. The third-order valence-electron chi connectivity index (χ3n) is 9.39. The molecule has 3 fully saturated rings. The quantitative estimate of drug-likeness (QED) is 0.0556. The number of aromatic nitrogens is 9. The number of aliphatic hydroxyl groups excluding tert-OH is 8. The highest BCUT2D eigenvalue weighted by Crippen LogP contribution is 2.38. The summed E-state index contributed by atoms with van der Waals surface area (Å²) in [5.74, 6) is -2.60. The highest BCUT2D eigenvalue weighted by molar-refractivity contribution is 6.21. The van der Waals surface area contributed by atoms with Gasteiger partial charge in [0.05, 0.1) is 82.5 Å². The molecule has 8 N–H and O–H groups in total. The van der Waals surface area contributed by atoms with E-state index in [9.17, 15) is 40.9 Å². The first-order valence-electron chi connectivity index (χ1n) is 17.5. The van der Waals surface area contributed by atoms with Gasteiger partial charge in [0.15, 0.2) is 12.6 Å². The molecule has 3 saturated heterocycles. The maximum Gasteiger partial charge on any atom is 0.214 e. The van der Waals surface area contributed by atoms with Gasteiger partial charge in [-0.3, -0.25) is 0 Å². The molecule has 0 unspecified atom stereocenters. The van der Waals surface area contributed by atoms with Gasteiger partial charge < -0.3 is 74.0 Å². The molecule has 6 rings (SSSR count). The maximum atomic E-state index is 10.9. The summed E-state index contributed by atoms with van der Waals surface area (Å²) < 4.78 is 43.5. The zero-order valence-corrected chi connectivity index (χ0v) is 31.3. The second-order valence-electron chi connectivity index (χ2n) is 13.5. The number of hydrogen-bond acceptors (Lipinski definition) is 21. The van der Waals surface area contributed by atoms with Crippen molar-refractivity contribution in [3.63, 3.8) is 0 Å². The molecule has 3 aliphatic rings. The molecule has 0 aliphatic carbocycles. The van der Waals surface area contributed by atoms with E-state index in [1.54, 1.807) is 24.2 Å². The van der Waals surface area contributed by atoms with Crippen molar-refractivity contribution in [3.8, 4) is 0 Å². The van der Waals surface area contributed by atoms with Crippen LogP contribution in [0.25, 0.3) is 0 Å². The second-order valence-corrected chi connectivity index (χ2v) is 14.2. The topological polar surface area (TPSA) is 319 Å². The van der Waals surface area contributed by atoms with Gasteiger partial charge in [0.2, 0.25) is 5.79 Å². The van der Waals surface area contributed by atoms with E-state index in [0.29, 0.717) is 30.2 Å². The van der Waals surface area contributed by atoms with Gasteiger partial charge in [-0.25, -0.2) is 14.0 Å². The van der Waals surface area contributed by atoms with E-state index < -0.39 is 97.3 Å². The van der Waals surface area contributed by atoms with Crippen LogP contribution in [0.2, 0.25) is 0 Å². The summed E-state index contributed by atoms with van der Waals surface area (Å²) in [7, 11) is 1.57. The minimum Gasteiger partial charge on any atom is -0.394 e. The van der Waals surface area contributed by atoms with Gasteiger partial charge in [-0.1, -0.05) is 15.6 Å². The van der Waals surface area contributed by atoms with E-state index in [4.69, 9.17) is 56.4 Å². The van der Waals surface area contributed by atoms with Crippen molar-refractivity contribution in [1.82, 2.24) is 45.0 Å². The molecule has 3 aromatic heterocycles. The molecule has 14 atom stereocenters. The molecule has 0 saturated carbocycles. The number of hydrogen-bond donors (Lipinski definition) is 8. The van der Waals surface area contributed by atoms with Crippen molar-refractivity contribution >= 4 is 23.2 Å². The molecule has 0 aromatic carbocycles. The Morgan fingerprint density at radius 3 is 1.91 bits per heavy atom. The largest absolute Gasteiger partial charge is 0.394 e. The van der Waals surface area contributed by atoms with Crippen LogP contribution in [0.3, 0.4) is 0 Å².